The number of nitrogens with one attached hydrogen (secondary N) is 1. The molecular weight excluding hydrogens is 232 g/mol. The lowest BCUT2D eigenvalue weighted by Crippen LogP contribution is -2.17. The molecule has 1 heterocycles. The average molecular weight is 254 g/mol. The molecule has 2 heteroatoms. The standard InChI is InChI=1S/C17H22N2/c1-3-5-13-19-14-15(10-12-18-11-4-2)16-8-6-7-9-17(16)19/h1,6-9,14,18H,4-5,10-13H2,2H3. The highest BCUT2D eigenvalue weighted by Gasteiger charge is 2.07. The van der Waals surface area contributed by atoms with Crippen molar-refractivity contribution >= 4 is 10.9 Å². The number of hydrogen-bond acceptors (Lipinski definition) is 1. The summed E-state index contributed by atoms with van der Waals surface area (Å²) in [7, 11) is 0. The van der Waals surface area contributed by atoms with Gasteiger partial charge < -0.3 is 9.88 Å². The third kappa shape index (κ3) is 3.39. The Balaban J connectivity index is 2.16. The number of fused-ring (bicyclic) bond motifs is 1. The topological polar surface area (TPSA) is 17.0 Å². The normalized spacial score (nSPS) is 10.7. The number of para-hydroxylation sites is 1. The molecule has 2 aromatic rings. The lowest BCUT2D eigenvalue weighted by atomic mass is 10.1. The van der Waals surface area contributed by atoms with Crippen molar-refractivity contribution in [3.63, 3.8) is 0 Å². The first-order chi connectivity index (χ1) is 9.36. The van der Waals surface area contributed by atoms with E-state index in [0.717, 1.165) is 32.5 Å². The molecular formula is C17H22N2. The van der Waals surface area contributed by atoms with Gasteiger partial charge in [-0.3, -0.25) is 0 Å². The summed E-state index contributed by atoms with van der Waals surface area (Å²) in [4.78, 5) is 0. The summed E-state index contributed by atoms with van der Waals surface area (Å²) in [5.41, 5.74) is 2.71. The minimum Gasteiger partial charge on any atom is -0.346 e. The molecule has 1 N–H and O–H groups in total. The summed E-state index contributed by atoms with van der Waals surface area (Å²) in [6.07, 6.45) is 10.7. The van der Waals surface area contributed by atoms with Crippen LogP contribution >= 0.6 is 0 Å². The Labute approximate surface area is 115 Å². The zero-order valence-electron chi connectivity index (χ0n) is 11.7. The molecule has 0 aliphatic carbocycles. The molecule has 0 saturated heterocycles. The molecule has 0 radical (unpaired) electrons. The first kappa shape index (κ1) is 13.7. The minimum atomic E-state index is 0.784. The molecule has 0 bridgehead atoms. The second-order valence-electron chi connectivity index (χ2n) is 4.82. The number of aryl methyl sites for hydroxylation is 1. The molecule has 0 amide bonds. The summed E-state index contributed by atoms with van der Waals surface area (Å²) in [6, 6.07) is 8.58. The molecule has 0 atom stereocenters. The van der Waals surface area contributed by atoms with E-state index >= 15 is 0 Å². The second-order valence-corrected chi connectivity index (χ2v) is 4.82. The van der Waals surface area contributed by atoms with Crippen LogP contribution in [0.4, 0.5) is 0 Å². The quantitative estimate of drug-likeness (QED) is 0.593. The van der Waals surface area contributed by atoms with E-state index in [2.05, 4.69) is 53.2 Å². The molecule has 100 valence electrons. The van der Waals surface area contributed by atoms with Gasteiger partial charge in [0, 0.05) is 30.1 Å². The van der Waals surface area contributed by atoms with Gasteiger partial charge in [-0.05, 0) is 37.6 Å². The fraction of sp³-hybridized carbons (Fsp3) is 0.412. The molecule has 1 aromatic heterocycles. The molecule has 2 nitrogen and oxygen atoms in total. The number of benzene rings is 1. The largest absolute Gasteiger partial charge is 0.346 e. The van der Waals surface area contributed by atoms with Crippen molar-refractivity contribution in [1.82, 2.24) is 9.88 Å². The third-order valence-corrected chi connectivity index (χ3v) is 3.37. The van der Waals surface area contributed by atoms with Crippen LogP contribution in [0.25, 0.3) is 10.9 Å². The van der Waals surface area contributed by atoms with Gasteiger partial charge in [0.25, 0.3) is 0 Å². The molecule has 2 rings (SSSR count). The molecule has 0 aliphatic rings. The highest BCUT2D eigenvalue weighted by molar-refractivity contribution is 5.84. The summed E-state index contributed by atoms with van der Waals surface area (Å²) >= 11 is 0. The van der Waals surface area contributed by atoms with E-state index in [1.54, 1.807) is 0 Å². The van der Waals surface area contributed by atoms with Crippen molar-refractivity contribution in [3.05, 3.63) is 36.0 Å². The van der Waals surface area contributed by atoms with Gasteiger partial charge in [0.15, 0.2) is 0 Å². The highest BCUT2D eigenvalue weighted by Crippen LogP contribution is 2.21. The van der Waals surface area contributed by atoms with Gasteiger partial charge in [0.05, 0.1) is 0 Å². The van der Waals surface area contributed by atoms with Crippen LogP contribution in [0.15, 0.2) is 30.5 Å². The Kier molecular flexibility index (Phi) is 5.06. The van der Waals surface area contributed by atoms with Gasteiger partial charge in [-0.15, -0.1) is 12.3 Å². The number of nitrogens with zero attached hydrogens (tertiary/aromatic N) is 1. The molecule has 0 fully saturated rings. The number of hydrogen-bond donors (Lipinski definition) is 1. The molecule has 0 saturated carbocycles. The predicted molar refractivity (Wildman–Crippen MR) is 82.3 cm³/mol. The van der Waals surface area contributed by atoms with Gasteiger partial charge in [-0.1, -0.05) is 25.1 Å². The average Bonchev–Trinajstić information content (AvgIpc) is 2.80. The zero-order chi connectivity index (χ0) is 13.5. The summed E-state index contributed by atoms with van der Waals surface area (Å²) in [5.74, 6) is 2.72. The van der Waals surface area contributed by atoms with Crippen molar-refractivity contribution in [2.75, 3.05) is 13.1 Å². The maximum absolute atomic E-state index is 5.37. The SMILES string of the molecule is C#CCCn1cc(CCNCCC)c2ccccc21. The summed E-state index contributed by atoms with van der Waals surface area (Å²) in [5, 5.41) is 4.82. The van der Waals surface area contributed by atoms with Crippen LogP contribution in [0, 0.1) is 12.3 Å². The second kappa shape index (κ2) is 7.01. The van der Waals surface area contributed by atoms with E-state index in [9.17, 15) is 0 Å². The van der Waals surface area contributed by atoms with Crippen molar-refractivity contribution in [1.29, 1.82) is 0 Å². The van der Waals surface area contributed by atoms with E-state index in [1.807, 2.05) is 0 Å². The van der Waals surface area contributed by atoms with Crippen LogP contribution in [0.1, 0.15) is 25.3 Å². The predicted octanol–water partition coefficient (Wildman–Crippen LogP) is 3.21. The van der Waals surface area contributed by atoms with Gasteiger partial charge in [-0.2, -0.15) is 0 Å². The Morgan fingerprint density at radius 1 is 1.26 bits per heavy atom. The van der Waals surface area contributed by atoms with E-state index in [0.29, 0.717) is 0 Å². The van der Waals surface area contributed by atoms with E-state index in [-0.39, 0.29) is 0 Å². The van der Waals surface area contributed by atoms with Crippen molar-refractivity contribution in [2.45, 2.75) is 32.7 Å². The van der Waals surface area contributed by atoms with Crippen LogP contribution in [0.2, 0.25) is 0 Å². The maximum atomic E-state index is 5.37. The fourth-order valence-electron chi connectivity index (χ4n) is 2.42. The van der Waals surface area contributed by atoms with Crippen LogP contribution < -0.4 is 5.32 Å². The Morgan fingerprint density at radius 2 is 2.11 bits per heavy atom. The molecule has 0 aliphatic heterocycles. The highest BCUT2D eigenvalue weighted by atomic mass is 15.0. The third-order valence-electron chi connectivity index (χ3n) is 3.37. The van der Waals surface area contributed by atoms with E-state index < -0.39 is 0 Å². The summed E-state index contributed by atoms with van der Waals surface area (Å²) in [6.45, 7) is 5.23. The van der Waals surface area contributed by atoms with Gasteiger partial charge in [-0.25, -0.2) is 0 Å². The van der Waals surface area contributed by atoms with Gasteiger partial charge >= 0.3 is 0 Å². The lowest BCUT2D eigenvalue weighted by molar-refractivity contribution is 0.670. The van der Waals surface area contributed by atoms with Crippen LogP contribution in [-0.4, -0.2) is 17.7 Å². The first-order valence-corrected chi connectivity index (χ1v) is 7.07. The smallest absolute Gasteiger partial charge is 0.0483 e. The maximum Gasteiger partial charge on any atom is 0.0483 e. The van der Waals surface area contributed by atoms with Crippen molar-refractivity contribution in [2.24, 2.45) is 0 Å². The fourth-order valence-corrected chi connectivity index (χ4v) is 2.42. The monoisotopic (exact) mass is 254 g/mol. The van der Waals surface area contributed by atoms with Crippen LogP contribution in [-0.2, 0) is 13.0 Å². The molecule has 19 heavy (non-hydrogen) atoms. The van der Waals surface area contributed by atoms with Crippen LogP contribution in [0.5, 0.6) is 0 Å². The number of terminal acetylenes is 1. The first-order valence-electron chi connectivity index (χ1n) is 7.07. The Morgan fingerprint density at radius 3 is 2.89 bits per heavy atom. The van der Waals surface area contributed by atoms with Gasteiger partial charge in [0.2, 0.25) is 0 Å². The van der Waals surface area contributed by atoms with E-state index in [4.69, 9.17) is 6.42 Å². The molecule has 0 spiro atoms. The lowest BCUT2D eigenvalue weighted by Gasteiger charge is -2.01. The number of aromatic nitrogens is 1. The van der Waals surface area contributed by atoms with E-state index in [1.165, 1.54) is 22.9 Å². The van der Waals surface area contributed by atoms with Crippen molar-refractivity contribution < 1.29 is 0 Å². The zero-order valence-corrected chi connectivity index (χ0v) is 11.7. The Bertz CT molecular complexity index is 560. The summed E-state index contributed by atoms with van der Waals surface area (Å²) < 4.78 is 2.28. The van der Waals surface area contributed by atoms with Crippen molar-refractivity contribution in [3.8, 4) is 12.3 Å². The van der Waals surface area contributed by atoms with Gasteiger partial charge in [0.1, 0.15) is 0 Å². The molecule has 0 unspecified atom stereocenters. The minimum absolute atomic E-state index is 0.784. The Hall–Kier alpha value is -1.72. The molecule has 1 aromatic carbocycles. The van der Waals surface area contributed by atoms with Crippen LogP contribution in [0.3, 0.4) is 0 Å². The number of rotatable bonds is 7.